The van der Waals surface area contributed by atoms with Crippen molar-refractivity contribution in [3.05, 3.63) is 83.1 Å². The first kappa shape index (κ1) is 13.8. The highest BCUT2D eigenvalue weighted by atomic mass is 79.9. The Balaban J connectivity index is 1.81. The summed E-state index contributed by atoms with van der Waals surface area (Å²) in [6.45, 7) is 0.705. The van der Waals surface area contributed by atoms with E-state index in [1.54, 1.807) is 0 Å². The van der Waals surface area contributed by atoms with Gasteiger partial charge in [0, 0.05) is 21.9 Å². The first-order valence-electron chi connectivity index (χ1n) is 6.82. The van der Waals surface area contributed by atoms with E-state index in [1.807, 2.05) is 30.5 Å². The van der Waals surface area contributed by atoms with Gasteiger partial charge in [-0.3, -0.25) is 4.98 Å². The molecule has 0 amide bonds. The molecule has 0 aliphatic heterocycles. The van der Waals surface area contributed by atoms with Crippen molar-refractivity contribution in [3.63, 3.8) is 0 Å². The first-order chi connectivity index (χ1) is 10.3. The van der Waals surface area contributed by atoms with Crippen LogP contribution < -0.4 is 5.32 Å². The summed E-state index contributed by atoms with van der Waals surface area (Å²) >= 11 is 3.40. The topological polar surface area (TPSA) is 24.9 Å². The maximum Gasteiger partial charge on any atom is 0.0595 e. The van der Waals surface area contributed by atoms with Crippen LogP contribution in [0.4, 0.5) is 5.69 Å². The number of hydrogen-bond acceptors (Lipinski definition) is 2. The highest BCUT2D eigenvalue weighted by molar-refractivity contribution is 9.10. The van der Waals surface area contributed by atoms with Crippen molar-refractivity contribution >= 4 is 21.6 Å². The number of para-hydroxylation sites is 1. The lowest BCUT2D eigenvalue weighted by Gasteiger charge is -2.12. The van der Waals surface area contributed by atoms with Crippen LogP contribution in [0.15, 0.2) is 77.4 Å². The van der Waals surface area contributed by atoms with Gasteiger partial charge in [-0.15, -0.1) is 0 Å². The van der Waals surface area contributed by atoms with Crippen LogP contribution >= 0.6 is 15.9 Å². The Morgan fingerprint density at radius 1 is 0.857 bits per heavy atom. The van der Waals surface area contributed by atoms with Crippen LogP contribution in [0.25, 0.3) is 11.1 Å². The molecule has 0 radical (unpaired) electrons. The molecule has 2 aromatic carbocycles. The van der Waals surface area contributed by atoms with Crippen molar-refractivity contribution in [1.82, 2.24) is 4.98 Å². The molecule has 2 nitrogen and oxygen atoms in total. The van der Waals surface area contributed by atoms with Gasteiger partial charge in [0.2, 0.25) is 0 Å². The monoisotopic (exact) mass is 338 g/mol. The summed E-state index contributed by atoms with van der Waals surface area (Å²) in [6.07, 6.45) is 1.82. The second kappa shape index (κ2) is 6.55. The lowest BCUT2D eigenvalue weighted by molar-refractivity contribution is 1.04. The summed E-state index contributed by atoms with van der Waals surface area (Å²) in [5.41, 5.74) is 4.55. The number of halogens is 1. The Bertz CT molecular complexity index is 709. The Kier molecular flexibility index (Phi) is 4.31. The molecule has 1 N–H and O–H groups in total. The van der Waals surface area contributed by atoms with Gasteiger partial charge in [-0.05, 0) is 39.7 Å². The van der Waals surface area contributed by atoms with Crippen molar-refractivity contribution in [2.45, 2.75) is 6.54 Å². The molecule has 0 aliphatic rings. The normalized spacial score (nSPS) is 10.3. The minimum Gasteiger partial charge on any atom is -0.379 e. The molecule has 3 heteroatoms. The second-order valence-corrected chi connectivity index (χ2v) is 5.65. The van der Waals surface area contributed by atoms with E-state index < -0.39 is 0 Å². The maximum atomic E-state index is 4.39. The quantitative estimate of drug-likeness (QED) is 0.713. The van der Waals surface area contributed by atoms with E-state index in [9.17, 15) is 0 Å². The van der Waals surface area contributed by atoms with Crippen molar-refractivity contribution in [3.8, 4) is 11.1 Å². The third-order valence-corrected chi connectivity index (χ3v) is 3.73. The van der Waals surface area contributed by atoms with Gasteiger partial charge in [0.05, 0.1) is 12.2 Å². The second-order valence-electron chi connectivity index (χ2n) is 4.73. The van der Waals surface area contributed by atoms with Gasteiger partial charge in [0.15, 0.2) is 0 Å². The lowest BCUT2D eigenvalue weighted by atomic mass is 10.0. The molecule has 0 aliphatic carbocycles. The van der Waals surface area contributed by atoms with Gasteiger partial charge in [0.25, 0.3) is 0 Å². The summed E-state index contributed by atoms with van der Waals surface area (Å²) in [5, 5.41) is 3.47. The van der Waals surface area contributed by atoms with E-state index >= 15 is 0 Å². The minimum absolute atomic E-state index is 0.705. The number of rotatable bonds is 4. The summed E-state index contributed by atoms with van der Waals surface area (Å²) in [5.74, 6) is 0. The van der Waals surface area contributed by atoms with Gasteiger partial charge in [-0.25, -0.2) is 0 Å². The summed E-state index contributed by atoms with van der Waals surface area (Å²) < 4.78 is 0.996. The average molecular weight is 339 g/mol. The Hall–Kier alpha value is -2.13. The molecule has 1 aromatic heterocycles. The summed E-state index contributed by atoms with van der Waals surface area (Å²) in [7, 11) is 0. The van der Waals surface area contributed by atoms with E-state index in [-0.39, 0.29) is 0 Å². The largest absolute Gasteiger partial charge is 0.379 e. The first-order valence-corrected chi connectivity index (χ1v) is 7.61. The van der Waals surface area contributed by atoms with Crippen LogP contribution in [-0.2, 0) is 6.54 Å². The molecule has 0 saturated heterocycles. The molecule has 0 spiro atoms. The van der Waals surface area contributed by atoms with E-state index in [0.717, 1.165) is 15.9 Å². The Labute approximate surface area is 133 Å². The molecule has 0 atom stereocenters. The predicted molar refractivity (Wildman–Crippen MR) is 91.1 cm³/mol. The highest BCUT2D eigenvalue weighted by Crippen LogP contribution is 2.27. The number of hydrogen-bond donors (Lipinski definition) is 1. The zero-order chi connectivity index (χ0) is 14.5. The number of benzene rings is 2. The minimum atomic E-state index is 0.705. The molecule has 21 heavy (non-hydrogen) atoms. The molecule has 104 valence electrons. The molecule has 1 heterocycles. The van der Waals surface area contributed by atoms with Crippen molar-refractivity contribution in [2.75, 3.05) is 5.32 Å². The molecule has 0 bridgehead atoms. The van der Waals surface area contributed by atoms with Crippen LogP contribution in [0, 0.1) is 0 Å². The van der Waals surface area contributed by atoms with Gasteiger partial charge < -0.3 is 5.32 Å². The molecule has 3 aromatic rings. The predicted octanol–water partition coefficient (Wildman–Crippen LogP) is 5.12. The number of anilines is 1. The molecule has 0 unspecified atom stereocenters. The average Bonchev–Trinajstić information content (AvgIpc) is 2.55. The maximum absolute atomic E-state index is 4.39. The fourth-order valence-electron chi connectivity index (χ4n) is 2.20. The van der Waals surface area contributed by atoms with Crippen LogP contribution in [-0.4, -0.2) is 4.98 Å². The van der Waals surface area contributed by atoms with Crippen LogP contribution in [0.3, 0.4) is 0 Å². The van der Waals surface area contributed by atoms with Crippen molar-refractivity contribution < 1.29 is 0 Å². The fourth-order valence-corrected chi connectivity index (χ4v) is 2.44. The van der Waals surface area contributed by atoms with E-state index in [2.05, 4.69) is 68.7 Å². The SMILES string of the molecule is Brc1ccc(CNc2ccccc2-c2ccccc2)nc1. The lowest BCUT2D eigenvalue weighted by Crippen LogP contribution is -2.02. The molecular formula is C18H15BrN2. The summed E-state index contributed by atoms with van der Waals surface area (Å²) in [4.78, 5) is 4.39. The number of pyridine rings is 1. The Morgan fingerprint density at radius 2 is 1.62 bits per heavy atom. The van der Waals surface area contributed by atoms with Crippen LogP contribution in [0.2, 0.25) is 0 Å². The van der Waals surface area contributed by atoms with Crippen molar-refractivity contribution in [1.29, 1.82) is 0 Å². The van der Waals surface area contributed by atoms with Gasteiger partial charge in [0.1, 0.15) is 0 Å². The number of nitrogens with zero attached hydrogens (tertiary/aromatic N) is 1. The molecule has 0 saturated carbocycles. The van der Waals surface area contributed by atoms with Gasteiger partial charge in [-0.1, -0.05) is 48.5 Å². The Morgan fingerprint density at radius 3 is 2.38 bits per heavy atom. The molecule has 0 fully saturated rings. The van der Waals surface area contributed by atoms with E-state index in [1.165, 1.54) is 11.1 Å². The highest BCUT2D eigenvalue weighted by Gasteiger charge is 2.04. The summed E-state index contributed by atoms with van der Waals surface area (Å²) in [6, 6.07) is 22.8. The third-order valence-electron chi connectivity index (χ3n) is 3.26. The van der Waals surface area contributed by atoms with E-state index in [0.29, 0.717) is 6.54 Å². The fraction of sp³-hybridized carbons (Fsp3) is 0.0556. The van der Waals surface area contributed by atoms with Gasteiger partial charge in [-0.2, -0.15) is 0 Å². The third kappa shape index (κ3) is 3.50. The number of nitrogens with one attached hydrogen (secondary N) is 1. The molecular weight excluding hydrogens is 324 g/mol. The zero-order valence-corrected chi connectivity index (χ0v) is 13.0. The van der Waals surface area contributed by atoms with Crippen molar-refractivity contribution in [2.24, 2.45) is 0 Å². The van der Waals surface area contributed by atoms with Crippen LogP contribution in [0.5, 0.6) is 0 Å². The standard InChI is InChI=1S/C18H15BrN2/c19-15-10-11-16(20-12-15)13-21-18-9-5-4-8-17(18)14-6-2-1-3-7-14/h1-12,21H,13H2. The van der Waals surface area contributed by atoms with Gasteiger partial charge >= 0.3 is 0 Å². The molecule has 3 rings (SSSR count). The smallest absolute Gasteiger partial charge is 0.0595 e. The van der Waals surface area contributed by atoms with E-state index in [4.69, 9.17) is 0 Å². The number of aromatic nitrogens is 1. The van der Waals surface area contributed by atoms with Crippen LogP contribution in [0.1, 0.15) is 5.69 Å². The zero-order valence-electron chi connectivity index (χ0n) is 11.5.